The number of rotatable bonds is 6. The molecular formula is C17H24N6OS. The average molecular weight is 360 g/mol. The predicted molar refractivity (Wildman–Crippen MR) is 104 cm³/mol. The van der Waals surface area contributed by atoms with Crippen molar-refractivity contribution < 1.29 is 4.79 Å². The maximum Gasteiger partial charge on any atom is 0.321 e. The van der Waals surface area contributed by atoms with Crippen LogP contribution in [0.1, 0.15) is 31.9 Å². The fourth-order valence-electron chi connectivity index (χ4n) is 2.28. The number of hydrogen-bond acceptors (Lipinski definition) is 5. The van der Waals surface area contributed by atoms with Crippen LogP contribution in [0.3, 0.4) is 0 Å². The number of aromatic nitrogens is 1. The molecule has 0 radical (unpaired) electrons. The molecule has 0 aliphatic carbocycles. The zero-order valence-corrected chi connectivity index (χ0v) is 15.3. The van der Waals surface area contributed by atoms with Crippen LogP contribution < -0.4 is 22.1 Å². The van der Waals surface area contributed by atoms with E-state index in [-0.39, 0.29) is 12.0 Å². The normalized spacial score (nSPS) is 11.4. The molecule has 0 bridgehead atoms. The molecule has 2 rings (SSSR count). The van der Waals surface area contributed by atoms with Gasteiger partial charge in [0, 0.05) is 6.54 Å². The number of nitrogen functional groups attached to an aromatic ring is 1. The van der Waals surface area contributed by atoms with Crippen molar-refractivity contribution in [3.05, 3.63) is 30.0 Å². The number of anilines is 1. The van der Waals surface area contributed by atoms with Crippen molar-refractivity contribution in [3.63, 3.8) is 0 Å². The number of nitrogens with one attached hydrogen (secondary N) is 2. The number of benzene rings is 1. The van der Waals surface area contributed by atoms with Gasteiger partial charge in [-0.15, -0.1) is 0 Å². The van der Waals surface area contributed by atoms with Gasteiger partial charge in [0.1, 0.15) is 0 Å². The fraction of sp³-hybridized carbons (Fsp3) is 0.353. The van der Waals surface area contributed by atoms with E-state index in [0.717, 1.165) is 35.4 Å². The van der Waals surface area contributed by atoms with Gasteiger partial charge in [0.25, 0.3) is 0 Å². The molecule has 0 unspecified atom stereocenters. The summed E-state index contributed by atoms with van der Waals surface area (Å²) < 4.78 is 0. The average Bonchev–Trinajstić information content (AvgIpc) is 2.90. The fourth-order valence-corrected chi connectivity index (χ4v) is 3.12. The Morgan fingerprint density at radius 1 is 1.28 bits per heavy atom. The first-order valence-electron chi connectivity index (χ1n) is 8.22. The summed E-state index contributed by atoms with van der Waals surface area (Å²) in [7, 11) is 0. The number of carbonyl (C=O) groups is 1. The Balaban J connectivity index is 1.94. The van der Waals surface area contributed by atoms with Crippen LogP contribution in [0.15, 0.2) is 29.3 Å². The van der Waals surface area contributed by atoms with Crippen molar-refractivity contribution in [3.8, 4) is 10.4 Å². The second kappa shape index (κ2) is 9.03. The van der Waals surface area contributed by atoms with Crippen LogP contribution in [0.5, 0.6) is 0 Å². The smallest absolute Gasteiger partial charge is 0.321 e. The quantitative estimate of drug-likeness (QED) is 0.359. The highest BCUT2D eigenvalue weighted by Gasteiger charge is 2.08. The number of carbonyl (C=O) groups excluding carboxylic acids is 1. The van der Waals surface area contributed by atoms with E-state index in [1.807, 2.05) is 31.2 Å². The van der Waals surface area contributed by atoms with Gasteiger partial charge in [-0.25, -0.2) is 14.8 Å². The van der Waals surface area contributed by atoms with Crippen LogP contribution in [0.25, 0.3) is 10.4 Å². The first-order chi connectivity index (χ1) is 12.0. The van der Waals surface area contributed by atoms with Crippen LogP contribution in [0, 0.1) is 6.92 Å². The van der Waals surface area contributed by atoms with Gasteiger partial charge in [-0.1, -0.05) is 43.2 Å². The molecule has 134 valence electrons. The van der Waals surface area contributed by atoms with E-state index in [1.165, 1.54) is 11.3 Å². The minimum absolute atomic E-state index is 0.0546. The van der Waals surface area contributed by atoms with E-state index in [2.05, 4.69) is 27.5 Å². The van der Waals surface area contributed by atoms with Crippen molar-refractivity contribution in [1.82, 2.24) is 15.6 Å². The standard InChI is InChI=1S/C17H24N6OS/c1-3-4-5-10-20-17(24)23-15(18)22-13-8-6-12(7-9-13)14-11(2)21-16(19)25-14/h6-9H,3-5,10H2,1-2H3,(H2,19,21)(H4,18,20,22,23,24). The Kier molecular flexibility index (Phi) is 6.76. The molecule has 0 fully saturated rings. The van der Waals surface area contributed by atoms with Gasteiger partial charge in [0.15, 0.2) is 5.13 Å². The highest BCUT2D eigenvalue weighted by atomic mass is 32.1. The number of urea groups is 1. The summed E-state index contributed by atoms with van der Waals surface area (Å²) in [6.07, 6.45) is 3.14. The van der Waals surface area contributed by atoms with E-state index in [9.17, 15) is 4.79 Å². The van der Waals surface area contributed by atoms with Gasteiger partial charge in [0.05, 0.1) is 16.3 Å². The van der Waals surface area contributed by atoms with Crippen LogP contribution in [0.4, 0.5) is 15.6 Å². The molecule has 0 saturated heterocycles. The molecule has 0 saturated carbocycles. The topological polar surface area (TPSA) is 118 Å². The molecule has 8 heteroatoms. The van der Waals surface area contributed by atoms with E-state index in [1.54, 1.807) is 0 Å². The van der Waals surface area contributed by atoms with E-state index in [4.69, 9.17) is 11.5 Å². The number of amides is 2. The number of hydrogen-bond donors (Lipinski definition) is 4. The molecule has 25 heavy (non-hydrogen) atoms. The SMILES string of the molecule is CCCCCNC(=O)NC(N)=Nc1ccc(-c2sc(N)nc2C)cc1. The summed E-state index contributed by atoms with van der Waals surface area (Å²) in [6.45, 7) is 4.66. The van der Waals surface area contributed by atoms with Gasteiger partial charge in [-0.05, 0) is 31.0 Å². The minimum Gasteiger partial charge on any atom is -0.375 e. The third kappa shape index (κ3) is 5.75. The lowest BCUT2D eigenvalue weighted by atomic mass is 10.1. The number of thiazole rings is 1. The largest absolute Gasteiger partial charge is 0.375 e. The second-order valence-corrected chi connectivity index (χ2v) is 6.63. The summed E-state index contributed by atoms with van der Waals surface area (Å²) in [6, 6.07) is 7.18. The molecule has 0 atom stereocenters. The maximum absolute atomic E-state index is 11.7. The van der Waals surface area contributed by atoms with Gasteiger partial charge in [0.2, 0.25) is 5.96 Å². The van der Waals surface area contributed by atoms with Crippen molar-refractivity contribution in [1.29, 1.82) is 0 Å². The van der Waals surface area contributed by atoms with Crippen LogP contribution in [0.2, 0.25) is 0 Å². The first-order valence-corrected chi connectivity index (χ1v) is 9.03. The van der Waals surface area contributed by atoms with Crippen molar-refractivity contribution in [2.24, 2.45) is 10.7 Å². The zero-order chi connectivity index (χ0) is 18.2. The lowest BCUT2D eigenvalue weighted by Crippen LogP contribution is -2.43. The Hall–Kier alpha value is -2.61. The summed E-state index contributed by atoms with van der Waals surface area (Å²) >= 11 is 1.45. The van der Waals surface area contributed by atoms with E-state index < -0.39 is 0 Å². The van der Waals surface area contributed by atoms with E-state index >= 15 is 0 Å². The predicted octanol–water partition coefficient (Wildman–Crippen LogP) is 3.14. The van der Waals surface area contributed by atoms with Crippen molar-refractivity contribution in [2.45, 2.75) is 33.1 Å². The molecular weight excluding hydrogens is 336 g/mol. The maximum atomic E-state index is 11.7. The Morgan fingerprint density at radius 3 is 2.60 bits per heavy atom. The number of guanidine groups is 1. The molecule has 0 spiro atoms. The first kappa shape index (κ1) is 18.7. The lowest BCUT2D eigenvalue weighted by Gasteiger charge is -2.07. The number of unbranched alkanes of at least 4 members (excludes halogenated alkanes) is 2. The second-order valence-electron chi connectivity index (χ2n) is 5.60. The zero-order valence-electron chi connectivity index (χ0n) is 14.5. The lowest BCUT2D eigenvalue weighted by molar-refractivity contribution is 0.245. The molecule has 2 aromatic rings. The number of aliphatic imine (C=N–C) groups is 1. The highest BCUT2D eigenvalue weighted by Crippen LogP contribution is 2.32. The van der Waals surface area contributed by atoms with Gasteiger partial charge >= 0.3 is 6.03 Å². The third-order valence-corrected chi connectivity index (χ3v) is 4.54. The van der Waals surface area contributed by atoms with Crippen LogP contribution in [-0.2, 0) is 0 Å². The summed E-state index contributed by atoms with van der Waals surface area (Å²) in [5.41, 5.74) is 14.1. The minimum atomic E-state index is -0.343. The van der Waals surface area contributed by atoms with Gasteiger partial charge in [-0.2, -0.15) is 0 Å². The Bertz CT molecular complexity index is 738. The molecule has 2 amide bonds. The third-order valence-electron chi connectivity index (χ3n) is 3.50. The number of aryl methyl sites for hydroxylation is 1. The molecule has 1 heterocycles. The molecule has 0 aliphatic heterocycles. The molecule has 1 aromatic carbocycles. The van der Waals surface area contributed by atoms with Crippen molar-refractivity contribution >= 4 is 34.1 Å². The summed E-state index contributed by atoms with van der Waals surface area (Å²) in [5.74, 6) is 0.0546. The Labute approximate surface area is 151 Å². The van der Waals surface area contributed by atoms with Crippen LogP contribution >= 0.6 is 11.3 Å². The Morgan fingerprint density at radius 2 is 2.00 bits per heavy atom. The van der Waals surface area contributed by atoms with Crippen LogP contribution in [-0.4, -0.2) is 23.5 Å². The molecule has 0 aliphatic rings. The monoisotopic (exact) mass is 360 g/mol. The van der Waals surface area contributed by atoms with Gasteiger partial charge < -0.3 is 16.8 Å². The summed E-state index contributed by atoms with van der Waals surface area (Å²) in [5, 5.41) is 5.81. The number of nitrogens with zero attached hydrogens (tertiary/aromatic N) is 2. The molecule has 6 N–H and O–H groups in total. The van der Waals surface area contributed by atoms with Crippen molar-refractivity contribution in [2.75, 3.05) is 12.3 Å². The molecule has 7 nitrogen and oxygen atoms in total. The summed E-state index contributed by atoms with van der Waals surface area (Å²) in [4.78, 5) is 21.1. The number of nitrogens with two attached hydrogens (primary N) is 2. The van der Waals surface area contributed by atoms with E-state index in [0.29, 0.717) is 17.4 Å². The molecule has 1 aromatic heterocycles. The van der Waals surface area contributed by atoms with Gasteiger partial charge in [-0.3, -0.25) is 5.32 Å². The highest BCUT2D eigenvalue weighted by molar-refractivity contribution is 7.18.